The molecule has 0 spiro atoms. The molecule has 5 aromatic rings. The highest BCUT2D eigenvalue weighted by Crippen LogP contribution is 2.24. The van der Waals surface area contributed by atoms with Gasteiger partial charge < -0.3 is 23.5 Å². The molecule has 3 aromatic heterocycles. The Kier molecular flexibility index (Phi) is 4.98. The van der Waals surface area contributed by atoms with E-state index in [-0.39, 0.29) is 0 Å². The highest BCUT2D eigenvalue weighted by molar-refractivity contribution is 5.80. The smallest absolute Gasteiger partial charge is 0.155 e. The monoisotopic (exact) mass is 413 g/mol. The van der Waals surface area contributed by atoms with E-state index in [1.807, 2.05) is 65.2 Å². The van der Waals surface area contributed by atoms with E-state index in [9.17, 15) is 5.21 Å². The fourth-order valence-corrected chi connectivity index (χ4v) is 3.35. The van der Waals surface area contributed by atoms with Crippen LogP contribution in [-0.4, -0.2) is 27.8 Å². The molecule has 0 unspecified atom stereocenters. The average molecular weight is 413 g/mol. The second-order valence-electron chi connectivity index (χ2n) is 6.88. The molecule has 3 heterocycles. The summed E-state index contributed by atoms with van der Waals surface area (Å²) in [6.07, 6.45) is 3.64. The van der Waals surface area contributed by atoms with Gasteiger partial charge >= 0.3 is 0 Å². The molecule has 1 N–H and O–H groups in total. The van der Waals surface area contributed by atoms with Gasteiger partial charge in [0.25, 0.3) is 0 Å². The van der Waals surface area contributed by atoms with Crippen molar-refractivity contribution in [2.75, 3.05) is 13.2 Å². The molecule has 0 saturated heterocycles. The van der Waals surface area contributed by atoms with E-state index in [0.29, 0.717) is 46.7 Å². The standard InChI is InChI=1S/C24H19N3O4/c28-26-21-15-24(22-13-17-5-4-10-27(17)16-25-22)31-23-9-8-19(14-20(21)23)30-12-11-29-18-6-2-1-3-7-18/h1-10,13-16,28H,11-12H2. The van der Waals surface area contributed by atoms with Crippen molar-refractivity contribution >= 4 is 16.5 Å². The Hall–Kier alpha value is -4.26. The second kappa shape index (κ2) is 8.23. The molecular formula is C24H19N3O4. The summed E-state index contributed by atoms with van der Waals surface area (Å²) in [4.78, 5) is 4.43. The van der Waals surface area contributed by atoms with Crippen LogP contribution in [0, 0.1) is 0 Å². The van der Waals surface area contributed by atoms with Crippen molar-refractivity contribution in [1.82, 2.24) is 9.38 Å². The Balaban J connectivity index is 1.38. The van der Waals surface area contributed by atoms with Gasteiger partial charge in [-0.3, -0.25) is 0 Å². The van der Waals surface area contributed by atoms with Gasteiger partial charge in [-0.1, -0.05) is 23.4 Å². The van der Waals surface area contributed by atoms with Gasteiger partial charge in [-0.2, -0.15) is 0 Å². The van der Waals surface area contributed by atoms with Crippen molar-refractivity contribution in [1.29, 1.82) is 0 Å². The molecule has 0 fully saturated rings. The molecule has 154 valence electrons. The third kappa shape index (κ3) is 3.93. The molecule has 0 atom stereocenters. The molecule has 31 heavy (non-hydrogen) atoms. The first kappa shape index (κ1) is 18.7. The minimum atomic E-state index is 0.374. The number of hydrogen-bond acceptors (Lipinski definition) is 6. The first-order valence-electron chi connectivity index (χ1n) is 9.80. The van der Waals surface area contributed by atoms with Crippen molar-refractivity contribution < 1.29 is 19.1 Å². The molecule has 0 aliphatic heterocycles. The molecule has 7 heteroatoms. The maximum absolute atomic E-state index is 9.57. The van der Waals surface area contributed by atoms with Gasteiger partial charge in [-0.15, -0.1) is 0 Å². The largest absolute Gasteiger partial charge is 0.490 e. The van der Waals surface area contributed by atoms with Crippen LogP contribution >= 0.6 is 0 Å². The topological polar surface area (TPSA) is 81.5 Å². The van der Waals surface area contributed by atoms with Crippen LogP contribution in [0.1, 0.15) is 0 Å². The number of nitrogens with zero attached hydrogens (tertiary/aromatic N) is 3. The van der Waals surface area contributed by atoms with Crippen molar-refractivity contribution in [3.8, 4) is 23.0 Å². The van der Waals surface area contributed by atoms with E-state index in [1.54, 1.807) is 24.5 Å². The number of benzene rings is 2. The zero-order chi connectivity index (χ0) is 21.0. The van der Waals surface area contributed by atoms with Gasteiger partial charge in [-0.25, -0.2) is 4.98 Å². The van der Waals surface area contributed by atoms with Gasteiger partial charge in [0.05, 0.1) is 11.7 Å². The summed E-state index contributed by atoms with van der Waals surface area (Å²) in [5, 5.41) is 14.0. The van der Waals surface area contributed by atoms with Crippen molar-refractivity contribution in [2.24, 2.45) is 5.16 Å². The van der Waals surface area contributed by atoms with Gasteiger partial charge in [-0.05, 0) is 48.5 Å². The van der Waals surface area contributed by atoms with Crippen molar-refractivity contribution in [2.45, 2.75) is 0 Å². The molecule has 0 amide bonds. The van der Waals surface area contributed by atoms with Gasteiger partial charge in [0.15, 0.2) is 5.76 Å². The van der Waals surface area contributed by atoms with E-state index in [4.69, 9.17) is 13.9 Å². The number of aromatic nitrogens is 2. The first-order chi connectivity index (χ1) is 15.3. The molecule has 7 nitrogen and oxygen atoms in total. The summed E-state index contributed by atoms with van der Waals surface area (Å²) in [6.45, 7) is 0.791. The van der Waals surface area contributed by atoms with Crippen LogP contribution in [0.15, 0.2) is 94.9 Å². The molecule has 0 aliphatic rings. The van der Waals surface area contributed by atoms with Crippen molar-refractivity contribution in [3.05, 3.63) is 90.7 Å². The maximum Gasteiger partial charge on any atom is 0.155 e. The Morgan fingerprint density at radius 3 is 2.58 bits per heavy atom. The third-order valence-electron chi connectivity index (χ3n) is 4.86. The van der Waals surface area contributed by atoms with Crippen molar-refractivity contribution in [3.63, 3.8) is 0 Å². The van der Waals surface area contributed by atoms with Gasteiger partial charge in [0.1, 0.15) is 41.3 Å². The highest BCUT2D eigenvalue weighted by Gasteiger charge is 2.10. The Morgan fingerprint density at radius 1 is 0.903 bits per heavy atom. The third-order valence-corrected chi connectivity index (χ3v) is 4.86. The van der Waals surface area contributed by atoms with Crippen LogP contribution in [0.2, 0.25) is 0 Å². The predicted molar refractivity (Wildman–Crippen MR) is 115 cm³/mol. The van der Waals surface area contributed by atoms with Crippen LogP contribution in [0.5, 0.6) is 11.5 Å². The van der Waals surface area contributed by atoms with Crippen LogP contribution < -0.4 is 14.8 Å². The van der Waals surface area contributed by atoms with E-state index in [1.165, 1.54) is 0 Å². The number of para-hydroxylation sites is 1. The lowest BCUT2D eigenvalue weighted by Crippen LogP contribution is -2.09. The molecule has 2 aromatic carbocycles. The lowest BCUT2D eigenvalue weighted by atomic mass is 10.2. The zero-order valence-electron chi connectivity index (χ0n) is 16.5. The Labute approximate surface area is 177 Å². The Bertz CT molecular complexity index is 1410. The fraction of sp³-hybridized carbons (Fsp3) is 0.0833. The van der Waals surface area contributed by atoms with Gasteiger partial charge in [0, 0.05) is 17.8 Å². The lowest BCUT2D eigenvalue weighted by molar-refractivity contribution is 0.217. The number of fused-ring (bicyclic) bond motifs is 2. The summed E-state index contributed by atoms with van der Waals surface area (Å²) < 4.78 is 19.4. The van der Waals surface area contributed by atoms with E-state index in [2.05, 4.69) is 10.1 Å². The second-order valence-corrected chi connectivity index (χ2v) is 6.88. The molecule has 5 rings (SSSR count). The van der Waals surface area contributed by atoms with E-state index in [0.717, 1.165) is 11.3 Å². The molecule has 0 radical (unpaired) electrons. The van der Waals surface area contributed by atoms with Crippen LogP contribution in [0.4, 0.5) is 0 Å². The fourth-order valence-electron chi connectivity index (χ4n) is 3.35. The molecule has 0 aliphatic carbocycles. The maximum atomic E-state index is 9.57. The highest BCUT2D eigenvalue weighted by atomic mass is 16.5. The lowest BCUT2D eigenvalue weighted by Gasteiger charge is -2.09. The molecule has 0 saturated carbocycles. The Morgan fingerprint density at radius 2 is 1.74 bits per heavy atom. The minimum Gasteiger partial charge on any atom is -0.490 e. The predicted octanol–water partition coefficient (Wildman–Crippen LogP) is 4.50. The zero-order valence-corrected chi connectivity index (χ0v) is 16.5. The summed E-state index contributed by atoms with van der Waals surface area (Å²) in [6, 6.07) is 22.4. The van der Waals surface area contributed by atoms with Crippen LogP contribution in [0.25, 0.3) is 27.9 Å². The van der Waals surface area contributed by atoms with Crippen LogP contribution in [-0.2, 0) is 0 Å². The normalized spacial score (nSPS) is 11.8. The summed E-state index contributed by atoms with van der Waals surface area (Å²) in [5.41, 5.74) is 2.20. The average Bonchev–Trinajstić information content (AvgIpc) is 3.30. The van der Waals surface area contributed by atoms with E-state index >= 15 is 0 Å². The quantitative estimate of drug-likeness (QED) is 0.252. The minimum absolute atomic E-state index is 0.374. The summed E-state index contributed by atoms with van der Waals surface area (Å²) >= 11 is 0. The molecule has 0 bridgehead atoms. The number of ether oxygens (including phenoxy) is 2. The number of rotatable bonds is 6. The summed E-state index contributed by atoms with van der Waals surface area (Å²) in [7, 11) is 0. The first-order valence-corrected chi connectivity index (χ1v) is 9.80. The number of hydrogen-bond donors (Lipinski definition) is 1. The molecular weight excluding hydrogens is 394 g/mol. The van der Waals surface area contributed by atoms with E-state index < -0.39 is 0 Å². The summed E-state index contributed by atoms with van der Waals surface area (Å²) in [5.74, 6) is 1.93. The SMILES string of the molecule is ON=c1cc(-c2cc3cccn3cn2)oc2ccc(OCCOc3ccccc3)cc12. The van der Waals surface area contributed by atoms with Crippen LogP contribution in [0.3, 0.4) is 0 Å². The van der Waals surface area contributed by atoms with Gasteiger partial charge in [0.2, 0.25) is 0 Å².